The summed E-state index contributed by atoms with van der Waals surface area (Å²) in [5.41, 5.74) is 5.98. The number of aliphatic carboxylic acids is 1. The van der Waals surface area contributed by atoms with Gasteiger partial charge in [0.2, 0.25) is 5.91 Å². The van der Waals surface area contributed by atoms with E-state index < -0.39 is 17.7 Å². The summed E-state index contributed by atoms with van der Waals surface area (Å²) in [7, 11) is 0. The SMILES string of the molecule is NC(=O)CCn1c(SCC(=O)O)nc2cc(Cl)c(F)cc21. The summed E-state index contributed by atoms with van der Waals surface area (Å²) in [6.45, 7) is 0.189. The van der Waals surface area contributed by atoms with Gasteiger partial charge in [-0.1, -0.05) is 23.4 Å². The molecule has 0 fully saturated rings. The van der Waals surface area contributed by atoms with Crippen LogP contribution in [0.1, 0.15) is 6.42 Å². The highest BCUT2D eigenvalue weighted by molar-refractivity contribution is 7.99. The maximum atomic E-state index is 13.6. The van der Waals surface area contributed by atoms with E-state index in [1.807, 2.05) is 0 Å². The van der Waals surface area contributed by atoms with Crippen LogP contribution in [0.15, 0.2) is 17.3 Å². The topological polar surface area (TPSA) is 98.2 Å². The van der Waals surface area contributed by atoms with Crippen molar-refractivity contribution >= 4 is 46.3 Å². The Labute approximate surface area is 128 Å². The number of thioether (sulfide) groups is 1. The molecule has 0 radical (unpaired) electrons. The highest BCUT2D eigenvalue weighted by Gasteiger charge is 2.15. The second kappa shape index (κ2) is 6.31. The molecule has 0 aliphatic heterocycles. The van der Waals surface area contributed by atoms with Gasteiger partial charge in [-0.3, -0.25) is 9.59 Å². The van der Waals surface area contributed by atoms with Crippen molar-refractivity contribution in [2.75, 3.05) is 5.75 Å². The Morgan fingerprint density at radius 2 is 2.19 bits per heavy atom. The van der Waals surface area contributed by atoms with Crippen molar-refractivity contribution in [2.24, 2.45) is 5.73 Å². The molecular formula is C12H11ClFN3O3S. The second-order valence-corrected chi connectivity index (χ2v) is 5.55. The summed E-state index contributed by atoms with van der Waals surface area (Å²) in [6, 6.07) is 2.56. The Balaban J connectivity index is 2.46. The number of rotatable bonds is 6. The van der Waals surface area contributed by atoms with Crippen LogP contribution >= 0.6 is 23.4 Å². The molecule has 1 heterocycles. The first-order chi connectivity index (χ1) is 9.88. The van der Waals surface area contributed by atoms with Crippen molar-refractivity contribution in [3.63, 3.8) is 0 Å². The quantitative estimate of drug-likeness (QED) is 0.787. The van der Waals surface area contributed by atoms with Crippen LogP contribution in [0.5, 0.6) is 0 Å². The number of amides is 1. The number of nitrogens with two attached hydrogens (primary N) is 1. The molecule has 1 aromatic heterocycles. The summed E-state index contributed by atoms with van der Waals surface area (Å²) < 4.78 is 15.1. The van der Waals surface area contributed by atoms with Gasteiger partial charge in [-0.25, -0.2) is 9.37 Å². The Morgan fingerprint density at radius 3 is 2.81 bits per heavy atom. The standard InChI is InChI=1S/C12H11ClFN3O3S/c13-6-3-8-9(4-7(6)14)17(2-1-10(15)18)12(16-8)21-5-11(19)20/h3-4H,1-2,5H2,(H2,15,18)(H,19,20). The summed E-state index contributed by atoms with van der Waals surface area (Å²) in [4.78, 5) is 25.8. The van der Waals surface area contributed by atoms with Gasteiger partial charge in [0.1, 0.15) is 5.82 Å². The van der Waals surface area contributed by atoms with Crippen molar-refractivity contribution in [2.45, 2.75) is 18.1 Å². The number of primary amides is 1. The van der Waals surface area contributed by atoms with E-state index in [0.29, 0.717) is 16.2 Å². The largest absolute Gasteiger partial charge is 0.481 e. The first-order valence-electron chi connectivity index (χ1n) is 5.86. The summed E-state index contributed by atoms with van der Waals surface area (Å²) in [6.07, 6.45) is 0.0380. The van der Waals surface area contributed by atoms with E-state index in [9.17, 15) is 14.0 Å². The number of carboxylic acid groups (broad SMARTS) is 1. The Kier molecular flexibility index (Phi) is 4.69. The highest BCUT2D eigenvalue weighted by atomic mass is 35.5. The van der Waals surface area contributed by atoms with Gasteiger partial charge in [-0.05, 0) is 6.07 Å². The molecule has 0 saturated heterocycles. The maximum Gasteiger partial charge on any atom is 0.313 e. The van der Waals surface area contributed by atoms with E-state index in [2.05, 4.69) is 4.98 Å². The van der Waals surface area contributed by atoms with Gasteiger partial charge in [0.15, 0.2) is 5.16 Å². The lowest BCUT2D eigenvalue weighted by Gasteiger charge is -2.07. The zero-order valence-corrected chi connectivity index (χ0v) is 12.2. The van der Waals surface area contributed by atoms with Crippen molar-refractivity contribution < 1.29 is 19.1 Å². The number of carbonyl (C=O) groups excluding carboxylic acids is 1. The molecular weight excluding hydrogens is 321 g/mol. The minimum Gasteiger partial charge on any atom is -0.481 e. The first-order valence-corrected chi connectivity index (χ1v) is 7.23. The summed E-state index contributed by atoms with van der Waals surface area (Å²) >= 11 is 6.68. The van der Waals surface area contributed by atoms with Crippen LogP contribution in [0.2, 0.25) is 5.02 Å². The third kappa shape index (κ3) is 3.64. The van der Waals surface area contributed by atoms with Crippen LogP contribution in [0, 0.1) is 5.82 Å². The lowest BCUT2D eigenvalue weighted by molar-refractivity contribution is -0.134. The number of fused-ring (bicyclic) bond motifs is 1. The molecule has 3 N–H and O–H groups in total. The van der Waals surface area contributed by atoms with Crippen molar-refractivity contribution in [3.05, 3.63) is 23.0 Å². The fourth-order valence-corrected chi connectivity index (χ4v) is 2.69. The van der Waals surface area contributed by atoms with E-state index in [1.54, 1.807) is 4.57 Å². The van der Waals surface area contributed by atoms with Gasteiger partial charge in [0.25, 0.3) is 0 Å². The van der Waals surface area contributed by atoms with Gasteiger partial charge >= 0.3 is 5.97 Å². The van der Waals surface area contributed by atoms with E-state index in [-0.39, 0.29) is 23.7 Å². The van der Waals surface area contributed by atoms with Gasteiger partial charge in [0.05, 0.1) is 21.8 Å². The maximum absolute atomic E-state index is 13.6. The zero-order chi connectivity index (χ0) is 15.6. The predicted molar refractivity (Wildman–Crippen MR) is 76.9 cm³/mol. The Morgan fingerprint density at radius 1 is 1.48 bits per heavy atom. The number of imidazole rings is 1. The molecule has 112 valence electrons. The molecule has 0 aliphatic carbocycles. The summed E-state index contributed by atoms with van der Waals surface area (Å²) in [5, 5.41) is 9.03. The molecule has 0 unspecified atom stereocenters. The van der Waals surface area contributed by atoms with Crippen LogP contribution in [-0.4, -0.2) is 32.3 Å². The average molecular weight is 332 g/mol. The zero-order valence-electron chi connectivity index (χ0n) is 10.7. The molecule has 0 bridgehead atoms. The number of hydrogen-bond donors (Lipinski definition) is 2. The van der Waals surface area contributed by atoms with Crippen LogP contribution in [0.4, 0.5) is 4.39 Å². The minimum absolute atomic E-state index is 0.0380. The second-order valence-electron chi connectivity index (χ2n) is 4.20. The molecule has 2 aromatic rings. The van der Waals surface area contributed by atoms with Crippen LogP contribution in [0.3, 0.4) is 0 Å². The van der Waals surface area contributed by atoms with Gasteiger partial charge < -0.3 is 15.4 Å². The van der Waals surface area contributed by atoms with Crippen molar-refractivity contribution in [3.8, 4) is 0 Å². The molecule has 1 amide bonds. The third-order valence-electron chi connectivity index (χ3n) is 2.66. The smallest absolute Gasteiger partial charge is 0.313 e. The number of halogens is 2. The molecule has 2 rings (SSSR count). The van der Waals surface area contributed by atoms with Gasteiger partial charge in [-0.2, -0.15) is 0 Å². The van der Waals surface area contributed by atoms with Gasteiger partial charge in [0, 0.05) is 19.0 Å². The van der Waals surface area contributed by atoms with E-state index in [4.69, 9.17) is 22.4 Å². The molecule has 9 heteroatoms. The average Bonchev–Trinajstić information content (AvgIpc) is 2.71. The van der Waals surface area contributed by atoms with Crippen LogP contribution in [0.25, 0.3) is 11.0 Å². The Bertz CT molecular complexity index is 719. The van der Waals surface area contributed by atoms with Crippen molar-refractivity contribution in [1.29, 1.82) is 0 Å². The number of carboxylic acids is 1. The summed E-state index contributed by atoms with van der Waals surface area (Å²) in [5.74, 6) is -2.33. The minimum atomic E-state index is -1.00. The van der Waals surface area contributed by atoms with Crippen LogP contribution in [-0.2, 0) is 16.1 Å². The van der Waals surface area contributed by atoms with Gasteiger partial charge in [-0.15, -0.1) is 0 Å². The fourth-order valence-electron chi connectivity index (χ4n) is 1.77. The number of hydrogen-bond acceptors (Lipinski definition) is 4. The fraction of sp³-hybridized carbons (Fsp3) is 0.250. The van der Waals surface area contributed by atoms with E-state index in [1.165, 1.54) is 12.1 Å². The highest BCUT2D eigenvalue weighted by Crippen LogP contribution is 2.28. The molecule has 0 spiro atoms. The molecule has 0 atom stereocenters. The molecule has 0 aliphatic rings. The molecule has 21 heavy (non-hydrogen) atoms. The Hall–Kier alpha value is -1.80. The number of aromatic nitrogens is 2. The lowest BCUT2D eigenvalue weighted by atomic mass is 10.3. The predicted octanol–water partition coefficient (Wildman–Crippen LogP) is 1.88. The first kappa shape index (κ1) is 15.6. The number of benzene rings is 1. The lowest BCUT2D eigenvalue weighted by Crippen LogP contribution is -2.14. The van der Waals surface area contributed by atoms with E-state index >= 15 is 0 Å². The molecule has 6 nitrogen and oxygen atoms in total. The molecule has 1 aromatic carbocycles. The van der Waals surface area contributed by atoms with Crippen molar-refractivity contribution in [1.82, 2.24) is 9.55 Å². The third-order valence-corrected chi connectivity index (χ3v) is 3.91. The van der Waals surface area contributed by atoms with Crippen LogP contribution < -0.4 is 5.73 Å². The number of carbonyl (C=O) groups is 2. The normalized spacial score (nSPS) is 11.0. The van der Waals surface area contributed by atoms with E-state index in [0.717, 1.165) is 11.8 Å². The number of aryl methyl sites for hydroxylation is 1. The monoisotopic (exact) mass is 331 g/mol. The number of nitrogens with zero attached hydrogens (tertiary/aromatic N) is 2. The molecule has 0 saturated carbocycles.